The van der Waals surface area contributed by atoms with Gasteiger partial charge in [0.25, 0.3) is 10.2 Å². The fourth-order valence-corrected chi connectivity index (χ4v) is 2.58. The van der Waals surface area contributed by atoms with E-state index in [2.05, 4.69) is 18.9 Å². The van der Waals surface area contributed by atoms with Crippen LogP contribution in [0.15, 0.2) is 18.2 Å². The zero-order valence-electron chi connectivity index (χ0n) is 12.5. The summed E-state index contributed by atoms with van der Waals surface area (Å²) in [6.45, 7) is 2.04. The van der Waals surface area contributed by atoms with Gasteiger partial charge in [-0.15, -0.1) is 0 Å². The molecule has 1 aromatic rings. The third-order valence-corrected chi connectivity index (χ3v) is 3.71. The van der Waals surface area contributed by atoms with Gasteiger partial charge in [0.2, 0.25) is 0 Å². The lowest BCUT2D eigenvalue weighted by Crippen LogP contribution is -2.31. The van der Waals surface area contributed by atoms with Gasteiger partial charge in [0, 0.05) is 6.54 Å². The van der Waals surface area contributed by atoms with E-state index in [-0.39, 0.29) is 23.4 Å². The highest BCUT2D eigenvalue weighted by atomic mass is 32.2. The molecular formula is C13H18N2O6S. The summed E-state index contributed by atoms with van der Waals surface area (Å²) in [5.41, 5.74) is 0.0127. The van der Waals surface area contributed by atoms with Crippen LogP contribution >= 0.6 is 0 Å². The zero-order valence-corrected chi connectivity index (χ0v) is 13.3. The SMILES string of the molecule is CCCNS(=O)(=O)Nc1cc(C(=O)OC)ccc1C(=O)OC. The molecule has 1 aromatic carbocycles. The van der Waals surface area contributed by atoms with Gasteiger partial charge in [-0.1, -0.05) is 6.92 Å². The fraction of sp³-hybridized carbons (Fsp3) is 0.385. The molecule has 1 rings (SSSR count). The second-order valence-electron chi connectivity index (χ2n) is 4.24. The number of hydrogen-bond donors (Lipinski definition) is 2. The summed E-state index contributed by atoms with van der Waals surface area (Å²) in [7, 11) is -1.50. The molecule has 0 fully saturated rings. The van der Waals surface area contributed by atoms with E-state index in [9.17, 15) is 18.0 Å². The monoisotopic (exact) mass is 330 g/mol. The number of methoxy groups -OCH3 is 2. The molecule has 8 nitrogen and oxygen atoms in total. The lowest BCUT2D eigenvalue weighted by molar-refractivity contribution is 0.0587. The van der Waals surface area contributed by atoms with Crippen LogP contribution in [0.4, 0.5) is 5.69 Å². The van der Waals surface area contributed by atoms with Crippen molar-refractivity contribution in [2.24, 2.45) is 0 Å². The van der Waals surface area contributed by atoms with E-state index in [0.717, 1.165) is 0 Å². The van der Waals surface area contributed by atoms with Crippen molar-refractivity contribution in [2.45, 2.75) is 13.3 Å². The van der Waals surface area contributed by atoms with Crippen molar-refractivity contribution in [3.05, 3.63) is 29.3 Å². The Balaban J connectivity index is 3.22. The Labute approximate surface area is 129 Å². The van der Waals surface area contributed by atoms with E-state index < -0.39 is 22.1 Å². The van der Waals surface area contributed by atoms with Gasteiger partial charge in [0.05, 0.1) is 31.0 Å². The third kappa shape index (κ3) is 4.71. The Hall–Kier alpha value is -2.13. The van der Waals surface area contributed by atoms with Crippen molar-refractivity contribution >= 4 is 27.8 Å². The van der Waals surface area contributed by atoms with Gasteiger partial charge < -0.3 is 9.47 Å². The number of anilines is 1. The molecule has 122 valence electrons. The first-order valence-corrected chi connectivity index (χ1v) is 7.91. The summed E-state index contributed by atoms with van der Waals surface area (Å²) < 4.78 is 37.4. The minimum absolute atomic E-state index is 0.0166. The zero-order chi connectivity index (χ0) is 16.8. The largest absolute Gasteiger partial charge is 0.465 e. The Kier molecular flexibility index (Phi) is 6.32. The number of hydrogen-bond acceptors (Lipinski definition) is 6. The third-order valence-electron chi connectivity index (χ3n) is 2.63. The van der Waals surface area contributed by atoms with Crippen LogP contribution in [0.3, 0.4) is 0 Å². The summed E-state index contributed by atoms with van der Waals surface area (Å²) in [4.78, 5) is 23.2. The lowest BCUT2D eigenvalue weighted by Gasteiger charge is -2.13. The molecule has 0 heterocycles. The summed E-state index contributed by atoms with van der Waals surface area (Å²) >= 11 is 0. The molecule has 0 bridgehead atoms. The molecule has 0 aliphatic carbocycles. The second kappa shape index (κ2) is 7.76. The molecule has 0 saturated carbocycles. The van der Waals surface area contributed by atoms with Gasteiger partial charge in [-0.2, -0.15) is 13.1 Å². The van der Waals surface area contributed by atoms with Crippen LogP contribution in [0.25, 0.3) is 0 Å². The predicted octanol–water partition coefficient (Wildman–Crippen LogP) is 0.916. The predicted molar refractivity (Wildman–Crippen MR) is 80.0 cm³/mol. The van der Waals surface area contributed by atoms with Gasteiger partial charge in [-0.05, 0) is 24.6 Å². The van der Waals surface area contributed by atoms with Gasteiger partial charge in [-0.3, -0.25) is 4.72 Å². The van der Waals surface area contributed by atoms with Crippen LogP contribution in [0.5, 0.6) is 0 Å². The number of benzene rings is 1. The highest BCUT2D eigenvalue weighted by molar-refractivity contribution is 7.90. The van der Waals surface area contributed by atoms with Crippen molar-refractivity contribution in [1.82, 2.24) is 4.72 Å². The highest BCUT2D eigenvalue weighted by Gasteiger charge is 2.19. The van der Waals surface area contributed by atoms with E-state index in [4.69, 9.17) is 0 Å². The summed E-state index contributed by atoms with van der Waals surface area (Å²) in [5, 5.41) is 0. The summed E-state index contributed by atoms with van der Waals surface area (Å²) in [5.74, 6) is -1.39. The van der Waals surface area contributed by atoms with E-state index in [0.29, 0.717) is 6.42 Å². The number of carbonyl (C=O) groups excluding carboxylic acids is 2. The highest BCUT2D eigenvalue weighted by Crippen LogP contribution is 2.20. The smallest absolute Gasteiger partial charge is 0.339 e. The molecular weight excluding hydrogens is 312 g/mol. The Morgan fingerprint density at radius 2 is 1.77 bits per heavy atom. The Bertz CT molecular complexity index is 656. The van der Waals surface area contributed by atoms with Crippen LogP contribution < -0.4 is 9.44 Å². The first-order valence-electron chi connectivity index (χ1n) is 6.42. The first kappa shape index (κ1) is 17.9. The van der Waals surface area contributed by atoms with Crippen LogP contribution in [-0.4, -0.2) is 41.1 Å². The molecule has 0 amide bonds. The van der Waals surface area contributed by atoms with E-state index >= 15 is 0 Å². The molecule has 0 spiro atoms. The van der Waals surface area contributed by atoms with Crippen LogP contribution in [0.1, 0.15) is 34.1 Å². The van der Waals surface area contributed by atoms with Crippen molar-refractivity contribution in [3.8, 4) is 0 Å². The molecule has 0 unspecified atom stereocenters. The molecule has 0 aromatic heterocycles. The molecule has 0 saturated heterocycles. The quantitative estimate of drug-likeness (QED) is 0.719. The number of ether oxygens (including phenoxy) is 2. The average molecular weight is 330 g/mol. The Morgan fingerprint density at radius 3 is 2.32 bits per heavy atom. The lowest BCUT2D eigenvalue weighted by atomic mass is 10.1. The van der Waals surface area contributed by atoms with E-state index in [1.807, 2.05) is 0 Å². The normalized spacial score (nSPS) is 10.9. The summed E-state index contributed by atoms with van der Waals surface area (Å²) in [6, 6.07) is 3.84. The molecule has 22 heavy (non-hydrogen) atoms. The first-order chi connectivity index (χ1) is 10.3. The number of carbonyl (C=O) groups is 2. The standard InChI is InChI=1S/C13H18N2O6S/c1-4-7-14-22(18,19)15-11-8-9(12(16)20-2)5-6-10(11)13(17)21-3/h5-6,8,14-15H,4,7H2,1-3H3. The topological polar surface area (TPSA) is 111 Å². The van der Waals surface area contributed by atoms with Gasteiger partial charge >= 0.3 is 11.9 Å². The minimum atomic E-state index is -3.87. The second-order valence-corrected chi connectivity index (χ2v) is 5.74. The van der Waals surface area contributed by atoms with Crippen molar-refractivity contribution in [3.63, 3.8) is 0 Å². The summed E-state index contributed by atoms with van der Waals surface area (Å²) in [6.07, 6.45) is 0.604. The molecule has 0 aliphatic heterocycles. The molecule has 0 radical (unpaired) electrons. The Morgan fingerprint density at radius 1 is 1.14 bits per heavy atom. The van der Waals surface area contributed by atoms with Crippen LogP contribution in [-0.2, 0) is 19.7 Å². The van der Waals surface area contributed by atoms with E-state index in [1.165, 1.54) is 32.4 Å². The van der Waals surface area contributed by atoms with Gasteiger partial charge in [0.1, 0.15) is 0 Å². The number of esters is 2. The average Bonchev–Trinajstić information content (AvgIpc) is 2.51. The molecule has 0 atom stereocenters. The van der Waals surface area contributed by atoms with Crippen molar-refractivity contribution in [2.75, 3.05) is 25.5 Å². The molecule has 9 heteroatoms. The van der Waals surface area contributed by atoms with Crippen molar-refractivity contribution in [1.29, 1.82) is 0 Å². The van der Waals surface area contributed by atoms with Crippen LogP contribution in [0.2, 0.25) is 0 Å². The fourth-order valence-electron chi connectivity index (χ4n) is 1.58. The minimum Gasteiger partial charge on any atom is -0.465 e. The maximum atomic E-state index is 11.9. The van der Waals surface area contributed by atoms with Crippen molar-refractivity contribution < 1.29 is 27.5 Å². The van der Waals surface area contributed by atoms with E-state index in [1.54, 1.807) is 6.92 Å². The maximum Gasteiger partial charge on any atom is 0.339 e. The van der Waals surface area contributed by atoms with Gasteiger partial charge in [-0.25, -0.2) is 9.59 Å². The number of rotatable bonds is 7. The van der Waals surface area contributed by atoms with Crippen LogP contribution in [0, 0.1) is 0 Å². The maximum absolute atomic E-state index is 11.9. The van der Waals surface area contributed by atoms with Gasteiger partial charge in [0.15, 0.2) is 0 Å². The molecule has 0 aliphatic rings. The molecule has 2 N–H and O–H groups in total. The number of nitrogens with one attached hydrogen (secondary N) is 2.